The maximum atomic E-state index is 11.8. The first-order valence-electron chi connectivity index (χ1n) is 5.26. The third-order valence-electron chi connectivity index (χ3n) is 2.44. The van der Waals surface area contributed by atoms with Crippen molar-refractivity contribution in [3.8, 4) is 5.75 Å². The first-order valence-corrected chi connectivity index (χ1v) is 6.80. The lowest BCUT2D eigenvalue weighted by atomic mass is 10.2. The monoisotopic (exact) mass is 304 g/mol. The number of carbonyl (C=O) groups is 1. The molecule has 0 saturated carbocycles. The van der Waals surface area contributed by atoms with Gasteiger partial charge in [-0.2, -0.15) is 0 Å². The summed E-state index contributed by atoms with van der Waals surface area (Å²) < 4.78 is 29.9. The Kier molecular flexibility index (Phi) is 4.50. The second kappa shape index (κ2) is 5.74. The van der Waals surface area contributed by atoms with E-state index in [2.05, 4.69) is 4.74 Å². The van der Waals surface area contributed by atoms with Crippen molar-refractivity contribution in [3.63, 3.8) is 0 Å². The van der Waals surface area contributed by atoms with Gasteiger partial charge in [-0.05, 0) is 13.0 Å². The standard InChI is InChI=1S/C10H12N2O7S/c1-6(10(14)19-2)20(17,18)11-8-4-3-7(12(15)16)5-9(8)13/h3-6,11,13H,1-2H3. The molecule has 1 aromatic rings. The average molecular weight is 304 g/mol. The Morgan fingerprint density at radius 1 is 1.50 bits per heavy atom. The number of benzene rings is 1. The van der Waals surface area contributed by atoms with Gasteiger partial charge in [0.1, 0.15) is 5.75 Å². The van der Waals surface area contributed by atoms with Gasteiger partial charge in [0.25, 0.3) is 5.69 Å². The van der Waals surface area contributed by atoms with E-state index in [1.807, 2.05) is 4.72 Å². The molecule has 0 spiro atoms. The van der Waals surface area contributed by atoms with Crippen molar-refractivity contribution >= 4 is 27.4 Å². The molecule has 0 aliphatic rings. The number of phenolic OH excluding ortho intramolecular Hbond substituents is 1. The Labute approximate surface area is 114 Å². The summed E-state index contributed by atoms with van der Waals surface area (Å²) in [5.74, 6) is -1.60. The van der Waals surface area contributed by atoms with Crippen LogP contribution in [0.15, 0.2) is 18.2 Å². The summed E-state index contributed by atoms with van der Waals surface area (Å²) in [6.45, 7) is 1.11. The van der Waals surface area contributed by atoms with Gasteiger partial charge in [-0.25, -0.2) is 8.42 Å². The van der Waals surface area contributed by atoms with Gasteiger partial charge in [-0.3, -0.25) is 19.6 Å². The Morgan fingerprint density at radius 3 is 2.55 bits per heavy atom. The number of carbonyl (C=O) groups excluding carboxylic acids is 1. The van der Waals surface area contributed by atoms with Gasteiger partial charge in [0.15, 0.2) is 5.25 Å². The molecular weight excluding hydrogens is 292 g/mol. The van der Waals surface area contributed by atoms with E-state index in [0.717, 1.165) is 32.2 Å². The van der Waals surface area contributed by atoms with Crippen molar-refractivity contribution in [1.29, 1.82) is 0 Å². The van der Waals surface area contributed by atoms with Crippen LogP contribution in [0.25, 0.3) is 0 Å². The van der Waals surface area contributed by atoms with Gasteiger partial charge in [0, 0.05) is 6.07 Å². The van der Waals surface area contributed by atoms with E-state index in [9.17, 15) is 28.4 Å². The SMILES string of the molecule is COC(=O)C(C)S(=O)(=O)Nc1ccc([N+](=O)[O-])cc1O. The predicted molar refractivity (Wildman–Crippen MR) is 68.8 cm³/mol. The highest BCUT2D eigenvalue weighted by Gasteiger charge is 2.29. The van der Waals surface area contributed by atoms with E-state index in [-0.39, 0.29) is 5.69 Å². The normalized spacial score (nSPS) is 12.5. The number of hydrogen-bond donors (Lipinski definition) is 2. The minimum absolute atomic E-state index is 0.272. The number of aromatic hydroxyl groups is 1. The molecule has 10 heteroatoms. The van der Waals surface area contributed by atoms with Gasteiger partial charge in [-0.15, -0.1) is 0 Å². The van der Waals surface area contributed by atoms with Crippen LogP contribution in [0.2, 0.25) is 0 Å². The number of nitro benzene ring substituents is 1. The maximum Gasteiger partial charge on any atom is 0.325 e. The van der Waals surface area contributed by atoms with Crippen LogP contribution in [-0.2, 0) is 19.6 Å². The van der Waals surface area contributed by atoms with Crippen molar-refractivity contribution in [2.24, 2.45) is 0 Å². The van der Waals surface area contributed by atoms with Crippen molar-refractivity contribution in [2.45, 2.75) is 12.2 Å². The number of nitrogens with zero attached hydrogens (tertiary/aromatic N) is 1. The molecule has 1 unspecified atom stereocenters. The number of hydrogen-bond acceptors (Lipinski definition) is 7. The fourth-order valence-electron chi connectivity index (χ4n) is 1.25. The highest BCUT2D eigenvalue weighted by Crippen LogP contribution is 2.29. The molecule has 0 heterocycles. The number of nitro groups is 1. The van der Waals surface area contributed by atoms with E-state index in [1.165, 1.54) is 0 Å². The summed E-state index contributed by atoms with van der Waals surface area (Å²) in [4.78, 5) is 20.9. The molecule has 20 heavy (non-hydrogen) atoms. The molecule has 0 fully saturated rings. The molecular formula is C10H12N2O7S. The third kappa shape index (κ3) is 3.35. The average Bonchev–Trinajstić information content (AvgIpc) is 2.38. The molecule has 0 aromatic heterocycles. The van der Waals surface area contributed by atoms with Crippen LogP contribution < -0.4 is 4.72 Å². The molecule has 0 amide bonds. The summed E-state index contributed by atoms with van der Waals surface area (Å²) in [6.07, 6.45) is 0. The third-order valence-corrected chi connectivity index (χ3v) is 4.07. The number of methoxy groups -OCH3 is 1. The number of ether oxygens (including phenoxy) is 1. The first kappa shape index (κ1) is 15.7. The van der Waals surface area contributed by atoms with Crippen molar-refractivity contribution in [2.75, 3.05) is 11.8 Å². The van der Waals surface area contributed by atoms with Gasteiger partial charge < -0.3 is 9.84 Å². The molecule has 0 saturated heterocycles. The molecule has 0 radical (unpaired) electrons. The van der Waals surface area contributed by atoms with E-state index in [0.29, 0.717) is 0 Å². The largest absolute Gasteiger partial charge is 0.505 e. The molecule has 110 valence electrons. The van der Waals surface area contributed by atoms with Crippen LogP contribution in [0.4, 0.5) is 11.4 Å². The Balaban J connectivity index is 3.04. The Hall–Kier alpha value is -2.36. The number of rotatable bonds is 5. The number of sulfonamides is 1. The van der Waals surface area contributed by atoms with Crippen LogP contribution in [0, 0.1) is 10.1 Å². The quantitative estimate of drug-likeness (QED) is 0.352. The van der Waals surface area contributed by atoms with Crippen LogP contribution in [0.1, 0.15) is 6.92 Å². The lowest BCUT2D eigenvalue weighted by molar-refractivity contribution is -0.384. The molecule has 2 N–H and O–H groups in total. The van der Waals surface area contributed by atoms with Crippen LogP contribution >= 0.6 is 0 Å². The molecule has 0 aliphatic carbocycles. The second-order valence-electron chi connectivity index (χ2n) is 3.77. The fraction of sp³-hybridized carbons (Fsp3) is 0.300. The first-order chi connectivity index (χ1) is 9.19. The fourth-order valence-corrected chi connectivity index (χ4v) is 2.26. The Bertz CT molecular complexity index is 641. The second-order valence-corrected chi connectivity index (χ2v) is 5.77. The summed E-state index contributed by atoms with van der Waals surface area (Å²) in [7, 11) is -3.10. The lowest BCUT2D eigenvalue weighted by Gasteiger charge is -2.13. The minimum atomic E-state index is -4.13. The molecule has 1 aromatic carbocycles. The molecule has 0 bridgehead atoms. The minimum Gasteiger partial charge on any atom is -0.505 e. The van der Waals surface area contributed by atoms with E-state index in [1.54, 1.807) is 0 Å². The van der Waals surface area contributed by atoms with Crippen LogP contribution in [0.3, 0.4) is 0 Å². The van der Waals surface area contributed by atoms with Crippen molar-refractivity contribution in [1.82, 2.24) is 0 Å². The van der Waals surface area contributed by atoms with Crippen LogP contribution in [-0.4, -0.2) is 36.8 Å². The van der Waals surface area contributed by atoms with Gasteiger partial charge in [0.2, 0.25) is 10.0 Å². The number of nitrogens with one attached hydrogen (secondary N) is 1. The highest BCUT2D eigenvalue weighted by molar-refractivity contribution is 7.94. The molecule has 0 aliphatic heterocycles. The summed E-state index contributed by atoms with van der Waals surface area (Å²) >= 11 is 0. The highest BCUT2D eigenvalue weighted by atomic mass is 32.2. The molecule has 1 rings (SSSR count). The summed E-state index contributed by atoms with van der Waals surface area (Å²) in [5, 5.41) is 18.5. The number of anilines is 1. The van der Waals surface area contributed by atoms with Gasteiger partial charge in [-0.1, -0.05) is 0 Å². The van der Waals surface area contributed by atoms with Gasteiger partial charge in [0.05, 0.1) is 23.8 Å². The smallest absolute Gasteiger partial charge is 0.325 e. The molecule has 9 nitrogen and oxygen atoms in total. The van der Waals surface area contributed by atoms with Crippen LogP contribution in [0.5, 0.6) is 5.75 Å². The van der Waals surface area contributed by atoms with E-state index in [4.69, 9.17) is 0 Å². The summed E-state index contributed by atoms with van der Waals surface area (Å²) in [6, 6.07) is 2.83. The number of phenols is 1. The topological polar surface area (TPSA) is 136 Å². The zero-order valence-electron chi connectivity index (χ0n) is 10.6. The maximum absolute atomic E-state index is 11.8. The zero-order valence-corrected chi connectivity index (χ0v) is 11.4. The zero-order chi connectivity index (χ0) is 15.5. The number of esters is 1. The van der Waals surface area contributed by atoms with Gasteiger partial charge >= 0.3 is 5.97 Å². The number of non-ortho nitro benzene ring substituents is 1. The summed E-state index contributed by atoms with van der Waals surface area (Å²) in [5.41, 5.74) is -0.669. The van der Waals surface area contributed by atoms with Crippen molar-refractivity contribution in [3.05, 3.63) is 28.3 Å². The van der Waals surface area contributed by atoms with E-state index < -0.39 is 37.6 Å². The Morgan fingerprint density at radius 2 is 2.10 bits per heavy atom. The molecule has 1 atom stereocenters. The van der Waals surface area contributed by atoms with E-state index >= 15 is 0 Å². The lowest BCUT2D eigenvalue weighted by Crippen LogP contribution is -2.33. The predicted octanol–water partition coefficient (Wildman–Crippen LogP) is 0.604. The van der Waals surface area contributed by atoms with Crippen molar-refractivity contribution < 1.29 is 28.0 Å².